The van der Waals surface area contributed by atoms with E-state index in [4.69, 9.17) is 10.5 Å². The zero-order chi connectivity index (χ0) is 16.2. The molecule has 118 valence electrons. The number of hydrogen-bond donors (Lipinski definition) is 1. The number of pyridine rings is 1. The molecule has 23 heavy (non-hydrogen) atoms. The van der Waals surface area contributed by atoms with Crippen LogP contribution in [-0.2, 0) is 12.8 Å². The van der Waals surface area contributed by atoms with Gasteiger partial charge >= 0.3 is 0 Å². The van der Waals surface area contributed by atoms with Gasteiger partial charge in [-0.05, 0) is 48.9 Å². The minimum Gasteiger partial charge on any atom is -0.497 e. The molecule has 0 unspecified atom stereocenters. The summed E-state index contributed by atoms with van der Waals surface area (Å²) in [4.78, 5) is 4.54. The number of nitrogens with zero attached hydrogens (tertiary/aromatic N) is 2. The van der Waals surface area contributed by atoms with Crippen LogP contribution in [0.3, 0.4) is 0 Å². The Balaban J connectivity index is 2.25. The molecule has 2 N–H and O–H groups in total. The van der Waals surface area contributed by atoms with Gasteiger partial charge in [-0.1, -0.05) is 25.0 Å². The average Bonchev–Trinajstić information content (AvgIpc) is 2.55. The third-order valence-electron chi connectivity index (χ3n) is 4.47. The number of ether oxygens (including phenoxy) is 1. The Morgan fingerprint density at radius 1 is 1.17 bits per heavy atom. The molecular weight excluding hydrogens is 286 g/mol. The van der Waals surface area contributed by atoms with E-state index in [1.165, 1.54) is 18.4 Å². The first-order chi connectivity index (χ1) is 11.2. The quantitative estimate of drug-likeness (QED) is 0.914. The van der Waals surface area contributed by atoms with Crippen LogP contribution in [-0.4, -0.2) is 12.1 Å². The van der Waals surface area contributed by atoms with Crippen molar-refractivity contribution in [1.29, 1.82) is 5.26 Å². The molecule has 2 aromatic rings. The Morgan fingerprint density at radius 3 is 2.70 bits per heavy atom. The smallest absolute Gasteiger partial charge is 0.142 e. The van der Waals surface area contributed by atoms with Gasteiger partial charge in [0, 0.05) is 11.3 Å². The van der Waals surface area contributed by atoms with E-state index in [1.807, 2.05) is 24.3 Å². The van der Waals surface area contributed by atoms with Crippen LogP contribution in [0.4, 0.5) is 5.82 Å². The molecule has 3 rings (SSSR count). The monoisotopic (exact) mass is 307 g/mol. The Labute approximate surface area is 136 Å². The van der Waals surface area contributed by atoms with Gasteiger partial charge in [0.1, 0.15) is 23.2 Å². The third-order valence-corrected chi connectivity index (χ3v) is 4.47. The van der Waals surface area contributed by atoms with Crippen molar-refractivity contribution in [2.45, 2.75) is 38.5 Å². The summed E-state index contributed by atoms with van der Waals surface area (Å²) in [5.41, 5.74) is 10.7. The molecule has 4 nitrogen and oxygen atoms in total. The Morgan fingerprint density at radius 2 is 1.96 bits per heavy atom. The number of rotatable bonds is 2. The lowest BCUT2D eigenvalue weighted by atomic mass is 9.88. The number of nitriles is 1. The van der Waals surface area contributed by atoms with Crippen LogP contribution < -0.4 is 10.5 Å². The molecule has 0 saturated heterocycles. The van der Waals surface area contributed by atoms with Gasteiger partial charge in [-0.25, -0.2) is 4.98 Å². The maximum Gasteiger partial charge on any atom is 0.142 e. The molecule has 0 saturated carbocycles. The van der Waals surface area contributed by atoms with Gasteiger partial charge in [-0.3, -0.25) is 0 Å². The molecule has 1 aliphatic carbocycles. The van der Waals surface area contributed by atoms with E-state index in [1.54, 1.807) is 7.11 Å². The third kappa shape index (κ3) is 3.00. The van der Waals surface area contributed by atoms with Crippen LogP contribution in [0.15, 0.2) is 24.3 Å². The van der Waals surface area contributed by atoms with Crippen LogP contribution in [0.5, 0.6) is 5.75 Å². The van der Waals surface area contributed by atoms with Gasteiger partial charge in [-0.15, -0.1) is 0 Å². The van der Waals surface area contributed by atoms with Crippen LogP contribution in [0.2, 0.25) is 0 Å². The lowest BCUT2D eigenvalue weighted by Gasteiger charge is -2.20. The summed E-state index contributed by atoms with van der Waals surface area (Å²) in [5.74, 6) is 1.12. The summed E-state index contributed by atoms with van der Waals surface area (Å²) in [6.07, 6.45) is 6.59. The molecule has 0 atom stereocenters. The molecule has 1 aromatic carbocycles. The second-order valence-corrected chi connectivity index (χ2v) is 5.93. The van der Waals surface area contributed by atoms with Crippen molar-refractivity contribution in [3.63, 3.8) is 0 Å². The van der Waals surface area contributed by atoms with E-state index in [0.29, 0.717) is 11.4 Å². The van der Waals surface area contributed by atoms with Crippen molar-refractivity contribution >= 4 is 5.82 Å². The Hall–Kier alpha value is -2.54. The van der Waals surface area contributed by atoms with E-state index < -0.39 is 0 Å². The van der Waals surface area contributed by atoms with Crippen LogP contribution >= 0.6 is 0 Å². The van der Waals surface area contributed by atoms with Crippen molar-refractivity contribution < 1.29 is 4.74 Å². The predicted octanol–water partition coefficient (Wildman–Crippen LogP) is 3.87. The molecule has 0 fully saturated rings. The number of hydrogen-bond acceptors (Lipinski definition) is 4. The van der Waals surface area contributed by atoms with Gasteiger partial charge < -0.3 is 10.5 Å². The summed E-state index contributed by atoms with van der Waals surface area (Å²) >= 11 is 0. The van der Waals surface area contributed by atoms with Crippen molar-refractivity contribution in [2.24, 2.45) is 0 Å². The molecule has 0 aliphatic heterocycles. The number of anilines is 1. The minimum atomic E-state index is 0.338. The van der Waals surface area contributed by atoms with E-state index in [0.717, 1.165) is 48.3 Å². The van der Waals surface area contributed by atoms with Crippen molar-refractivity contribution in [3.05, 3.63) is 41.1 Å². The summed E-state index contributed by atoms with van der Waals surface area (Å²) in [7, 11) is 1.65. The Kier molecular flexibility index (Phi) is 4.47. The first-order valence-electron chi connectivity index (χ1n) is 8.10. The molecule has 1 aromatic heterocycles. The summed E-state index contributed by atoms with van der Waals surface area (Å²) in [5, 5.41) is 9.61. The number of fused-ring (bicyclic) bond motifs is 1. The SMILES string of the molecule is COc1cccc(-c2c(C#N)c(N)nc3c2CCCCCC3)c1. The molecular formula is C19H21N3O. The molecule has 4 heteroatoms. The van der Waals surface area contributed by atoms with E-state index >= 15 is 0 Å². The first kappa shape index (κ1) is 15.4. The first-order valence-corrected chi connectivity index (χ1v) is 8.10. The fraction of sp³-hybridized carbons (Fsp3) is 0.368. The van der Waals surface area contributed by atoms with Gasteiger partial charge in [0.25, 0.3) is 0 Å². The van der Waals surface area contributed by atoms with Crippen molar-refractivity contribution in [3.8, 4) is 22.9 Å². The lowest BCUT2D eigenvalue weighted by Crippen LogP contribution is -2.10. The number of aromatic nitrogens is 1. The molecule has 1 heterocycles. The maximum absolute atomic E-state index is 9.61. The predicted molar refractivity (Wildman–Crippen MR) is 91.2 cm³/mol. The van der Waals surface area contributed by atoms with Gasteiger partial charge in [-0.2, -0.15) is 5.26 Å². The highest BCUT2D eigenvalue weighted by Crippen LogP contribution is 2.36. The van der Waals surface area contributed by atoms with Crippen molar-refractivity contribution in [2.75, 3.05) is 12.8 Å². The van der Waals surface area contributed by atoms with Gasteiger partial charge in [0.05, 0.1) is 7.11 Å². The molecule has 0 bridgehead atoms. The standard InChI is InChI=1S/C19H21N3O/c1-23-14-8-6-7-13(11-14)18-15-9-4-2-3-5-10-17(15)22-19(21)16(18)12-20/h6-8,11H,2-5,9-10H2,1H3,(H2,21,22). The number of nitrogen functional groups attached to an aromatic ring is 1. The van der Waals surface area contributed by atoms with Crippen molar-refractivity contribution in [1.82, 2.24) is 4.98 Å². The largest absolute Gasteiger partial charge is 0.497 e. The molecule has 0 spiro atoms. The number of nitrogens with two attached hydrogens (primary N) is 1. The second-order valence-electron chi connectivity index (χ2n) is 5.93. The topological polar surface area (TPSA) is 71.9 Å². The average molecular weight is 307 g/mol. The lowest BCUT2D eigenvalue weighted by molar-refractivity contribution is 0.415. The van der Waals surface area contributed by atoms with E-state index in [2.05, 4.69) is 11.1 Å². The van der Waals surface area contributed by atoms with Crippen LogP contribution in [0.1, 0.15) is 42.5 Å². The number of aryl methyl sites for hydroxylation is 1. The normalized spacial score (nSPS) is 14.3. The maximum atomic E-state index is 9.61. The zero-order valence-corrected chi connectivity index (χ0v) is 13.4. The highest BCUT2D eigenvalue weighted by molar-refractivity contribution is 5.79. The zero-order valence-electron chi connectivity index (χ0n) is 13.4. The molecule has 1 aliphatic rings. The van der Waals surface area contributed by atoms with E-state index in [-0.39, 0.29) is 0 Å². The number of benzene rings is 1. The molecule has 0 amide bonds. The van der Waals surface area contributed by atoms with Gasteiger partial charge in [0.2, 0.25) is 0 Å². The Bertz CT molecular complexity index is 762. The fourth-order valence-electron chi connectivity index (χ4n) is 3.33. The van der Waals surface area contributed by atoms with Crippen LogP contribution in [0.25, 0.3) is 11.1 Å². The van der Waals surface area contributed by atoms with E-state index in [9.17, 15) is 5.26 Å². The van der Waals surface area contributed by atoms with Gasteiger partial charge in [0.15, 0.2) is 0 Å². The highest BCUT2D eigenvalue weighted by atomic mass is 16.5. The summed E-state index contributed by atoms with van der Waals surface area (Å²) < 4.78 is 5.34. The molecule has 0 radical (unpaired) electrons. The summed E-state index contributed by atoms with van der Waals surface area (Å²) in [6, 6.07) is 10.1. The fourth-order valence-corrected chi connectivity index (χ4v) is 3.33. The summed E-state index contributed by atoms with van der Waals surface area (Å²) in [6.45, 7) is 0. The minimum absolute atomic E-state index is 0.338. The highest BCUT2D eigenvalue weighted by Gasteiger charge is 2.20. The second kappa shape index (κ2) is 6.70. The van der Waals surface area contributed by atoms with Crippen LogP contribution in [0, 0.1) is 11.3 Å². The number of methoxy groups -OCH3 is 1.